The summed E-state index contributed by atoms with van der Waals surface area (Å²) in [5.74, 6) is 3.75. The molecule has 4 aromatic heterocycles. The third-order valence-electron chi connectivity index (χ3n) is 17.4. The Labute approximate surface area is 566 Å². The summed E-state index contributed by atoms with van der Waals surface area (Å²) >= 11 is 4.27. The fraction of sp³-hybridized carbons (Fsp3) is 0.456. The first-order valence-electron chi connectivity index (χ1n) is 32.2. The Morgan fingerprint density at radius 2 is 1.71 bits per heavy atom. The van der Waals surface area contributed by atoms with Crippen molar-refractivity contribution in [1.29, 1.82) is 0 Å². The molecule has 23 nitrogen and oxygen atoms in total. The van der Waals surface area contributed by atoms with Gasteiger partial charge < -0.3 is 55.7 Å². The van der Waals surface area contributed by atoms with Crippen LogP contribution in [0.3, 0.4) is 0 Å². The number of hydrogen-bond donors (Lipinski definition) is 6. The number of para-hydroxylation sites is 1. The van der Waals surface area contributed by atoms with Gasteiger partial charge in [0.2, 0.25) is 17.7 Å². The van der Waals surface area contributed by atoms with Gasteiger partial charge in [-0.05, 0) is 113 Å². The normalized spacial score (nSPS) is 17.1. The van der Waals surface area contributed by atoms with Crippen LogP contribution in [-0.2, 0) is 43.4 Å². The Bertz CT molecular complexity index is 4080. The number of carboxylic acid groups (broad SMARTS) is 1. The number of piperazine rings is 1. The average molecular weight is 1370 g/mol. The lowest BCUT2D eigenvalue weighted by molar-refractivity contribution is -0.145. The third-order valence-corrected chi connectivity index (χ3v) is 20.5. The number of nitrogens with one attached hydrogen (secondary N) is 4. The average Bonchev–Trinajstić information content (AvgIpc) is 1.28. The smallest absolute Gasteiger partial charge is 0.355 e. The number of aryl methyl sites for hydroxylation is 2. The number of likely N-dealkylation sites (tertiary alicyclic amines) is 1. The van der Waals surface area contributed by atoms with Crippen LogP contribution in [0.25, 0.3) is 20.7 Å². The van der Waals surface area contributed by atoms with Gasteiger partial charge in [0.05, 0.1) is 45.6 Å². The number of nitrogens with zero attached hydrogens (tertiary/aromatic N) is 9. The van der Waals surface area contributed by atoms with E-state index in [-0.39, 0.29) is 68.8 Å². The van der Waals surface area contributed by atoms with Crippen molar-refractivity contribution in [2.24, 2.45) is 5.41 Å². The number of hydrogen-bond acceptors (Lipinski definition) is 20. The molecule has 1 saturated carbocycles. The second kappa shape index (κ2) is 30.1. The van der Waals surface area contributed by atoms with Gasteiger partial charge in [0, 0.05) is 92.3 Å². The summed E-state index contributed by atoms with van der Waals surface area (Å²) in [6.07, 6.45) is 2.89. The van der Waals surface area contributed by atoms with Gasteiger partial charge in [0.1, 0.15) is 17.8 Å². The zero-order valence-corrected chi connectivity index (χ0v) is 56.5. The number of ether oxygens (including phenoxy) is 2. The summed E-state index contributed by atoms with van der Waals surface area (Å²) in [5, 5.41) is 42.8. The SMILES string of the molecule is Cc1ncsc1-c1ccc(CNC(=O)[C@@H]2C[C@@H](O)CN2C(=O)[C@@H](NC(=O)C2(F)CC2)C(C)(C)C)c(OCC(=O)NCCCCC(=O)N2CCN(CC#Cc3ccc(OCCCc4sc(N5CCCc6c5nnc(Nc5nc7ccccc7s5)c6C)nc4C(=O)O)c(F)c3)CC2)c1. The molecule has 0 bridgehead atoms. The van der Waals surface area contributed by atoms with Crippen LogP contribution in [0.4, 0.5) is 30.7 Å². The fourth-order valence-corrected chi connectivity index (χ4v) is 14.6. The highest BCUT2D eigenvalue weighted by atomic mass is 32.1. The molecule has 3 aromatic carbocycles. The van der Waals surface area contributed by atoms with Gasteiger partial charge in [-0.3, -0.25) is 28.9 Å². The zero-order valence-electron chi connectivity index (χ0n) is 54.1. The molecule has 1 aliphatic carbocycles. The molecule has 7 aromatic rings. The lowest BCUT2D eigenvalue weighted by Crippen LogP contribution is -2.59. The van der Waals surface area contributed by atoms with Crippen molar-refractivity contribution in [2.75, 3.05) is 75.8 Å². The number of aliphatic hydroxyl groups excluding tert-OH is 1. The number of halogens is 2. The van der Waals surface area contributed by atoms with E-state index in [1.807, 2.05) is 54.0 Å². The van der Waals surface area contributed by atoms with Crippen LogP contribution >= 0.6 is 34.0 Å². The second-order valence-electron chi connectivity index (χ2n) is 25.5. The van der Waals surface area contributed by atoms with Gasteiger partial charge in [0.25, 0.3) is 11.8 Å². The van der Waals surface area contributed by atoms with E-state index in [2.05, 4.69) is 63.2 Å². The molecule has 3 fully saturated rings. The Balaban J connectivity index is 0.584. The minimum absolute atomic E-state index is 0.0212. The summed E-state index contributed by atoms with van der Waals surface area (Å²) in [6, 6.07) is 15.6. The molecule has 506 valence electrons. The summed E-state index contributed by atoms with van der Waals surface area (Å²) in [6.45, 7) is 12.3. The molecule has 0 spiro atoms. The molecule has 3 atom stereocenters. The molecule has 0 radical (unpaired) electrons. The van der Waals surface area contributed by atoms with E-state index in [4.69, 9.17) is 9.47 Å². The lowest BCUT2D eigenvalue weighted by atomic mass is 9.85. The maximum Gasteiger partial charge on any atom is 0.355 e. The highest BCUT2D eigenvalue weighted by molar-refractivity contribution is 7.22. The number of amides is 5. The first kappa shape index (κ1) is 68.6. The maximum absolute atomic E-state index is 15.3. The predicted molar refractivity (Wildman–Crippen MR) is 361 cm³/mol. The van der Waals surface area contributed by atoms with Crippen molar-refractivity contribution >= 4 is 102 Å². The topological polar surface area (TPSA) is 287 Å². The molecule has 28 heteroatoms. The molecular weight excluding hydrogens is 1290 g/mol. The Morgan fingerprint density at radius 3 is 2.45 bits per heavy atom. The largest absolute Gasteiger partial charge is 0.491 e. The minimum Gasteiger partial charge on any atom is -0.491 e. The molecule has 11 rings (SSSR count). The second-order valence-corrected chi connectivity index (χ2v) is 28.5. The summed E-state index contributed by atoms with van der Waals surface area (Å²) in [7, 11) is 0. The summed E-state index contributed by atoms with van der Waals surface area (Å²) < 4.78 is 43.0. The number of carbonyl (C=O) groups excluding carboxylic acids is 5. The van der Waals surface area contributed by atoms with E-state index >= 15 is 4.39 Å². The van der Waals surface area contributed by atoms with Gasteiger partial charge in [0.15, 0.2) is 51.4 Å². The molecule has 5 amide bonds. The van der Waals surface area contributed by atoms with E-state index < -0.39 is 58.8 Å². The number of β-amino-alcohol motifs (C(OH)–C–C–N with tert-alkyl or cyclic N) is 1. The molecule has 2 saturated heterocycles. The number of alkyl halides is 1. The number of rotatable bonds is 25. The van der Waals surface area contributed by atoms with Gasteiger partial charge in [-0.1, -0.05) is 68.2 Å². The molecule has 3 aliphatic heterocycles. The number of carboxylic acids is 1. The monoisotopic (exact) mass is 1370 g/mol. The van der Waals surface area contributed by atoms with E-state index in [1.54, 1.807) is 44.5 Å². The Kier molecular flexibility index (Phi) is 21.5. The Morgan fingerprint density at radius 1 is 0.906 bits per heavy atom. The van der Waals surface area contributed by atoms with Crippen LogP contribution < -0.4 is 35.6 Å². The van der Waals surface area contributed by atoms with Crippen molar-refractivity contribution in [1.82, 2.24) is 55.8 Å². The molecule has 6 N–H and O–H groups in total. The number of aromatic nitrogens is 5. The van der Waals surface area contributed by atoms with Crippen LogP contribution in [-0.4, -0.2) is 175 Å². The molecule has 96 heavy (non-hydrogen) atoms. The van der Waals surface area contributed by atoms with Crippen molar-refractivity contribution in [3.8, 4) is 33.8 Å². The number of anilines is 4. The van der Waals surface area contributed by atoms with Crippen LogP contribution in [0.15, 0.2) is 66.2 Å². The molecular formula is C68H77F2N13O10S3. The van der Waals surface area contributed by atoms with E-state index in [1.165, 1.54) is 51.0 Å². The van der Waals surface area contributed by atoms with Crippen molar-refractivity contribution in [3.05, 3.63) is 111 Å². The molecule has 7 heterocycles. The molecule has 4 aliphatic rings. The first-order chi connectivity index (χ1) is 46.1. The highest BCUT2D eigenvalue weighted by Gasteiger charge is 2.53. The fourth-order valence-electron chi connectivity index (χ4n) is 11.8. The van der Waals surface area contributed by atoms with Crippen molar-refractivity contribution in [3.63, 3.8) is 0 Å². The zero-order chi connectivity index (χ0) is 67.8. The first-order valence-corrected chi connectivity index (χ1v) is 34.7. The number of benzene rings is 3. The summed E-state index contributed by atoms with van der Waals surface area (Å²) in [4.78, 5) is 102. The quantitative estimate of drug-likeness (QED) is 0.0231. The van der Waals surface area contributed by atoms with E-state index in [9.17, 15) is 43.4 Å². The van der Waals surface area contributed by atoms with Crippen LogP contribution in [0.5, 0.6) is 11.5 Å². The summed E-state index contributed by atoms with van der Waals surface area (Å²) in [5.41, 5.74) is 4.32. The van der Waals surface area contributed by atoms with E-state index in [0.717, 1.165) is 55.5 Å². The van der Waals surface area contributed by atoms with Crippen molar-refractivity contribution < 1.29 is 57.2 Å². The third kappa shape index (κ3) is 16.5. The number of aromatic carboxylic acids is 1. The molecule has 0 unspecified atom stereocenters. The van der Waals surface area contributed by atoms with E-state index in [0.29, 0.717) is 116 Å². The van der Waals surface area contributed by atoms with Crippen LogP contribution in [0, 0.1) is 36.9 Å². The predicted octanol–water partition coefficient (Wildman–Crippen LogP) is 8.43. The van der Waals surface area contributed by atoms with Gasteiger partial charge >= 0.3 is 5.97 Å². The number of carbonyl (C=O) groups is 6. The maximum atomic E-state index is 15.3. The number of aliphatic hydroxyl groups is 1. The Hall–Kier alpha value is -8.75. The number of thiazole rings is 3. The minimum atomic E-state index is -2.01. The standard InChI is InChI=1S/C68H77F2N13O10S3/c1-40-46-14-11-27-82(60(46)79-78-59(40)77-65-74-48-15-6-7-16-52(48)95-65)66-75-56(63(89)90)53(96-66)17-12-32-92-50-22-19-42(33-47(50)69)13-10-26-80-28-30-81(31-29-80)55(86)18-8-9-25-71-54(85)38-93-51-34-43(57-41(2)73-39-94-57)20-21-44(51)36-72-61(87)49-35-45(84)37-83(49)62(88)58(67(3,4)5)76-64(91)68(70)23-24-68/h6-7,15-16,19-22,33-34,39,45,49,58,84H,8-9,11-12,14,17-18,23-32,35-38H2,1-5H3,(H,71,85)(H,72,87)(H,76,91)(H,89,90)(H,74,77,78)/t45-,49+,58-/m1/s1. The van der Waals surface area contributed by atoms with Crippen LogP contribution in [0.2, 0.25) is 0 Å². The highest BCUT2D eigenvalue weighted by Crippen LogP contribution is 2.42. The van der Waals surface area contributed by atoms with Gasteiger partial charge in [-0.25, -0.2) is 28.5 Å². The van der Waals surface area contributed by atoms with Gasteiger partial charge in [-0.15, -0.1) is 32.9 Å². The van der Waals surface area contributed by atoms with Crippen LogP contribution in [0.1, 0.15) is 115 Å². The lowest BCUT2D eigenvalue weighted by Gasteiger charge is -2.35. The number of fused-ring (bicyclic) bond motifs is 2. The van der Waals surface area contributed by atoms with Crippen molar-refractivity contribution in [2.45, 2.75) is 129 Å². The van der Waals surface area contributed by atoms with Gasteiger partial charge in [-0.2, -0.15) is 0 Å². The number of unbranched alkanes of at least 4 members (excludes halogenated alkanes) is 1.